The Morgan fingerprint density at radius 1 is 1.33 bits per heavy atom. The first kappa shape index (κ1) is 6.87. The summed E-state index contributed by atoms with van der Waals surface area (Å²) >= 11 is 1.45. The van der Waals surface area contributed by atoms with Gasteiger partial charge in [-0.05, 0) is 0 Å². The van der Waals surface area contributed by atoms with Crippen molar-refractivity contribution in [2.24, 2.45) is 0 Å². The van der Waals surface area contributed by atoms with Gasteiger partial charge < -0.3 is 0 Å². The van der Waals surface area contributed by atoms with E-state index in [0.29, 0.717) is 0 Å². The first-order chi connectivity index (χ1) is 2.81. The van der Waals surface area contributed by atoms with Gasteiger partial charge in [-0.25, -0.2) is 0 Å². The topological polar surface area (TPSA) is 0 Å². The fraction of sp³-hybridized carbons (Fsp3) is 1.00. The van der Waals surface area contributed by atoms with Crippen molar-refractivity contribution in [2.45, 2.75) is 30.4 Å². The monoisotopic (exact) mass is 186 g/mol. The van der Waals surface area contributed by atoms with Crippen LogP contribution < -0.4 is 0 Å². The Hall–Kier alpha value is 0.870. The van der Waals surface area contributed by atoms with Gasteiger partial charge in [0, 0.05) is 0 Å². The van der Waals surface area contributed by atoms with E-state index in [1.807, 2.05) is 0 Å². The van der Waals surface area contributed by atoms with E-state index in [0.717, 1.165) is 3.67 Å². The van der Waals surface area contributed by atoms with Crippen molar-refractivity contribution in [2.75, 3.05) is 0 Å². The van der Waals surface area contributed by atoms with Gasteiger partial charge in [-0.3, -0.25) is 0 Å². The Balaban J connectivity index is 2.75. The van der Waals surface area contributed by atoms with Crippen LogP contribution in [0.2, 0.25) is 3.67 Å². The SMILES string of the molecule is CC[CH]([In])CC. The normalized spacial score (nSPS) is 9.83. The molecule has 0 bridgehead atoms. The Bertz CT molecular complexity index is 23.1. The second-order valence-electron chi connectivity index (χ2n) is 1.58. The number of hydrogen-bond donors (Lipinski definition) is 0. The molecular formula is C5H11In. The summed E-state index contributed by atoms with van der Waals surface area (Å²) < 4.78 is 1.07. The maximum atomic E-state index is 2.26. The molecule has 0 aromatic heterocycles. The van der Waals surface area contributed by atoms with Crippen LogP contribution in [0.15, 0.2) is 0 Å². The second-order valence-corrected chi connectivity index (χ2v) is 4.27. The molecule has 6 heavy (non-hydrogen) atoms. The Morgan fingerprint density at radius 3 is 1.67 bits per heavy atom. The summed E-state index contributed by atoms with van der Waals surface area (Å²) in [7, 11) is 0. The number of hydrogen-bond acceptors (Lipinski definition) is 0. The van der Waals surface area contributed by atoms with Crippen molar-refractivity contribution in [3.8, 4) is 0 Å². The summed E-state index contributed by atoms with van der Waals surface area (Å²) in [6.07, 6.45) is 2.78. The summed E-state index contributed by atoms with van der Waals surface area (Å²) in [5.74, 6) is 0. The quantitative estimate of drug-likeness (QED) is 0.616. The zero-order chi connectivity index (χ0) is 4.99. The van der Waals surface area contributed by atoms with E-state index < -0.39 is 0 Å². The van der Waals surface area contributed by atoms with Crippen molar-refractivity contribution < 1.29 is 0 Å². The van der Waals surface area contributed by atoms with E-state index >= 15 is 0 Å². The summed E-state index contributed by atoms with van der Waals surface area (Å²) in [4.78, 5) is 0. The van der Waals surface area contributed by atoms with Crippen molar-refractivity contribution in [1.82, 2.24) is 0 Å². The van der Waals surface area contributed by atoms with E-state index in [1.54, 1.807) is 0 Å². The molecule has 0 saturated heterocycles. The van der Waals surface area contributed by atoms with Gasteiger partial charge in [0.15, 0.2) is 0 Å². The Kier molecular flexibility index (Phi) is 4.63. The van der Waals surface area contributed by atoms with Crippen molar-refractivity contribution in [3.63, 3.8) is 0 Å². The van der Waals surface area contributed by atoms with Gasteiger partial charge in [0.05, 0.1) is 0 Å². The zero-order valence-corrected chi connectivity index (χ0v) is 7.86. The maximum absolute atomic E-state index is 2.26. The molecule has 0 aliphatic rings. The Morgan fingerprint density at radius 2 is 1.67 bits per heavy atom. The molecule has 0 N–H and O–H groups in total. The van der Waals surface area contributed by atoms with Gasteiger partial charge in [0.2, 0.25) is 0 Å². The van der Waals surface area contributed by atoms with Crippen molar-refractivity contribution in [1.29, 1.82) is 0 Å². The molecule has 0 heterocycles. The molecule has 0 aromatic rings. The molecule has 0 amide bonds. The average molecular weight is 186 g/mol. The van der Waals surface area contributed by atoms with Gasteiger partial charge in [0.25, 0.3) is 0 Å². The van der Waals surface area contributed by atoms with Crippen LogP contribution >= 0.6 is 0 Å². The third kappa shape index (κ3) is 3.08. The predicted octanol–water partition coefficient (Wildman–Crippen LogP) is 1.76. The van der Waals surface area contributed by atoms with E-state index in [-0.39, 0.29) is 0 Å². The van der Waals surface area contributed by atoms with Gasteiger partial charge in [0.1, 0.15) is 0 Å². The second kappa shape index (κ2) is 4.04. The first-order valence-electron chi connectivity index (χ1n) is 2.56. The minimum absolute atomic E-state index is 1.07. The first-order valence-corrected chi connectivity index (χ1v) is 4.47. The van der Waals surface area contributed by atoms with Gasteiger partial charge in [-0.2, -0.15) is 0 Å². The molecule has 0 aliphatic carbocycles. The fourth-order valence-electron chi connectivity index (χ4n) is 0.289. The third-order valence-corrected chi connectivity index (χ3v) is 3.74. The van der Waals surface area contributed by atoms with Crippen LogP contribution in [0.25, 0.3) is 0 Å². The summed E-state index contributed by atoms with van der Waals surface area (Å²) in [5.41, 5.74) is 0. The minimum atomic E-state index is 1.07. The van der Waals surface area contributed by atoms with Crippen molar-refractivity contribution >= 4 is 24.4 Å². The molecule has 0 aliphatic heterocycles. The zero-order valence-electron chi connectivity index (χ0n) is 4.57. The van der Waals surface area contributed by atoms with Crippen LogP contribution in [-0.4, -0.2) is 24.4 Å². The molecule has 0 atom stereocenters. The number of rotatable bonds is 2. The molecule has 2 radical (unpaired) electrons. The van der Waals surface area contributed by atoms with Gasteiger partial charge in [-0.15, -0.1) is 0 Å². The average Bonchev–Trinajstić information content (AvgIpc) is 1.65. The van der Waals surface area contributed by atoms with Crippen LogP contribution in [0, 0.1) is 0 Å². The standard InChI is InChI=1S/C5H11.In/c1-3-5-4-2;/h5H,3-4H2,1-2H3;. The Labute approximate surface area is 54.9 Å². The summed E-state index contributed by atoms with van der Waals surface area (Å²) in [6.45, 7) is 4.53. The fourth-order valence-corrected chi connectivity index (χ4v) is 0.289. The van der Waals surface area contributed by atoms with Crippen LogP contribution in [0.4, 0.5) is 0 Å². The van der Waals surface area contributed by atoms with E-state index in [1.165, 1.54) is 37.2 Å². The molecular weight excluding hydrogens is 175 g/mol. The third-order valence-electron chi connectivity index (χ3n) is 1.05. The molecule has 0 spiro atoms. The van der Waals surface area contributed by atoms with E-state index in [2.05, 4.69) is 13.8 Å². The summed E-state index contributed by atoms with van der Waals surface area (Å²) in [5, 5.41) is 0. The van der Waals surface area contributed by atoms with E-state index in [4.69, 9.17) is 0 Å². The van der Waals surface area contributed by atoms with Crippen LogP contribution in [0.3, 0.4) is 0 Å². The molecule has 0 aromatic carbocycles. The molecule has 1 heteroatoms. The molecule has 0 nitrogen and oxygen atoms in total. The van der Waals surface area contributed by atoms with Crippen LogP contribution in [0.5, 0.6) is 0 Å². The molecule has 0 unspecified atom stereocenters. The van der Waals surface area contributed by atoms with Crippen molar-refractivity contribution in [3.05, 3.63) is 0 Å². The van der Waals surface area contributed by atoms with Crippen LogP contribution in [0.1, 0.15) is 26.7 Å². The molecule has 0 saturated carbocycles. The van der Waals surface area contributed by atoms with Crippen LogP contribution in [-0.2, 0) is 0 Å². The summed E-state index contributed by atoms with van der Waals surface area (Å²) in [6, 6.07) is 0. The van der Waals surface area contributed by atoms with Gasteiger partial charge >= 0.3 is 54.7 Å². The predicted molar refractivity (Wildman–Crippen MR) is 30.1 cm³/mol. The molecule has 0 rings (SSSR count). The molecule has 34 valence electrons. The van der Waals surface area contributed by atoms with E-state index in [9.17, 15) is 0 Å². The molecule has 0 fully saturated rings. The van der Waals surface area contributed by atoms with Gasteiger partial charge in [-0.1, -0.05) is 0 Å².